The topological polar surface area (TPSA) is 96.3 Å². The Labute approximate surface area is 218 Å². The number of nitrogens with zero attached hydrogens (tertiary/aromatic N) is 3. The van der Waals surface area contributed by atoms with Gasteiger partial charge in [-0.1, -0.05) is 48.9 Å². The van der Waals surface area contributed by atoms with Crippen LogP contribution in [0.25, 0.3) is 10.9 Å². The molecule has 2 heterocycles. The van der Waals surface area contributed by atoms with E-state index in [1.807, 2.05) is 37.3 Å². The van der Waals surface area contributed by atoms with Crippen LogP contribution in [0.1, 0.15) is 52.3 Å². The van der Waals surface area contributed by atoms with Crippen LogP contribution in [0.3, 0.4) is 0 Å². The molecule has 1 atom stereocenters. The predicted molar refractivity (Wildman–Crippen MR) is 144 cm³/mol. The van der Waals surface area contributed by atoms with Crippen molar-refractivity contribution >= 4 is 40.0 Å². The molecule has 5 rings (SSSR count). The van der Waals surface area contributed by atoms with Gasteiger partial charge in [0, 0.05) is 11.6 Å². The molecule has 0 spiro atoms. The van der Waals surface area contributed by atoms with E-state index in [4.69, 9.17) is 16.6 Å². The number of carbonyl (C=O) groups is 2. The molecule has 188 valence electrons. The minimum atomic E-state index is -0.269. The number of para-hydroxylation sites is 1. The summed E-state index contributed by atoms with van der Waals surface area (Å²) in [6.07, 6.45) is 1.21. The first-order valence-corrected chi connectivity index (χ1v) is 12.6. The average molecular weight is 516 g/mol. The molecule has 0 unspecified atom stereocenters. The van der Waals surface area contributed by atoms with Crippen LogP contribution in [-0.2, 0) is 0 Å². The second-order valence-electron chi connectivity index (χ2n) is 8.83. The smallest absolute Gasteiger partial charge is 0.280 e. The Morgan fingerprint density at radius 3 is 2.27 bits per heavy atom. The Hall–Kier alpha value is -4.01. The molecule has 0 radical (unpaired) electrons. The zero-order chi connectivity index (χ0) is 25.9. The summed E-state index contributed by atoms with van der Waals surface area (Å²) in [4.78, 5) is 44.8. The number of halogens is 1. The molecule has 3 aromatic carbocycles. The van der Waals surface area contributed by atoms with Gasteiger partial charge in [0.15, 0.2) is 0 Å². The van der Waals surface area contributed by atoms with Crippen LogP contribution in [0.2, 0.25) is 5.02 Å². The molecular formula is C28H26ClN5O3. The van der Waals surface area contributed by atoms with Crippen LogP contribution in [0.15, 0.2) is 77.6 Å². The van der Waals surface area contributed by atoms with Gasteiger partial charge < -0.3 is 5.32 Å². The van der Waals surface area contributed by atoms with Crippen molar-refractivity contribution in [1.82, 2.24) is 19.9 Å². The van der Waals surface area contributed by atoms with Gasteiger partial charge in [0.2, 0.25) is 0 Å². The molecule has 0 aliphatic carbocycles. The van der Waals surface area contributed by atoms with Gasteiger partial charge in [-0.05, 0) is 61.9 Å². The quantitative estimate of drug-likeness (QED) is 0.249. The summed E-state index contributed by atoms with van der Waals surface area (Å²) in [5.41, 5.74) is 5.12. The highest BCUT2D eigenvalue weighted by Gasteiger charge is 2.34. The molecule has 0 fully saturated rings. The molecule has 1 aromatic heterocycles. The lowest BCUT2D eigenvalue weighted by atomic mass is 10.1. The van der Waals surface area contributed by atoms with E-state index in [1.54, 1.807) is 42.5 Å². The molecular weight excluding hydrogens is 490 g/mol. The predicted octanol–water partition coefficient (Wildman–Crippen LogP) is 4.65. The molecule has 0 saturated heterocycles. The number of anilines is 1. The lowest BCUT2D eigenvalue weighted by Crippen LogP contribution is -2.37. The number of aromatic nitrogens is 2. The summed E-state index contributed by atoms with van der Waals surface area (Å²) in [5.74, 6) is -0.00455. The fraction of sp³-hybridized carbons (Fsp3) is 0.214. The summed E-state index contributed by atoms with van der Waals surface area (Å²) >= 11 is 6.19. The normalized spacial score (nSPS) is 13.7. The maximum absolute atomic E-state index is 13.5. The van der Waals surface area contributed by atoms with Crippen LogP contribution >= 0.6 is 11.6 Å². The van der Waals surface area contributed by atoms with Gasteiger partial charge in [0.05, 0.1) is 33.8 Å². The number of nitrogens with one attached hydrogen (secondary N) is 2. The number of benzene rings is 3. The van der Waals surface area contributed by atoms with E-state index in [0.717, 1.165) is 5.69 Å². The van der Waals surface area contributed by atoms with Crippen LogP contribution < -0.4 is 16.3 Å². The van der Waals surface area contributed by atoms with Crippen LogP contribution in [-0.4, -0.2) is 39.5 Å². The summed E-state index contributed by atoms with van der Waals surface area (Å²) < 4.78 is 1.47. The number of imide groups is 1. The van der Waals surface area contributed by atoms with Crippen molar-refractivity contribution in [3.8, 4) is 0 Å². The van der Waals surface area contributed by atoms with E-state index in [2.05, 4.69) is 10.7 Å². The number of carbonyl (C=O) groups excluding carboxylic acids is 2. The first-order chi connectivity index (χ1) is 18.0. The minimum absolute atomic E-state index is 0.230. The average Bonchev–Trinajstić information content (AvgIpc) is 3.15. The van der Waals surface area contributed by atoms with E-state index in [1.165, 1.54) is 9.58 Å². The van der Waals surface area contributed by atoms with E-state index in [9.17, 15) is 14.4 Å². The van der Waals surface area contributed by atoms with Crippen molar-refractivity contribution in [1.29, 1.82) is 0 Å². The van der Waals surface area contributed by atoms with Crippen molar-refractivity contribution in [3.05, 3.63) is 105 Å². The number of fused-ring (bicyclic) bond motifs is 2. The second-order valence-corrected chi connectivity index (χ2v) is 9.26. The maximum atomic E-state index is 13.5. The van der Waals surface area contributed by atoms with Crippen molar-refractivity contribution in [2.45, 2.75) is 25.8 Å². The molecule has 1 aliphatic heterocycles. The SMILES string of the molecule is CC[C@@H](NCCCN1C(=O)c2ccccc2C1=O)c1nc2cc(Cl)ccc2c(=O)n1Nc1ccccc1. The summed E-state index contributed by atoms with van der Waals surface area (Å²) in [5, 5.41) is 4.41. The molecule has 0 saturated carbocycles. The highest BCUT2D eigenvalue weighted by Crippen LogP contribution is 2.23. The van der Waals surface area contributed by atoms with Crippen LogP contribution in [0, 0.1) is 0 Å². The zero-order valence-corrected chi connectivity index (χ0v) is 21.0. The molecule has 4 aromatic rings. The molecule has 0 bridgehead atoms. The molecule has 1 aliphatic rings. The second kappa shape index (κ2) is 10.5. The fourth-order valence-electron chi connectivity index (χ4n) is 4.53. The standard InChI is InChI=1S/C28H26ClN5O3/c1-2-23(30-15-8-16-33-26(35)20-11-6-7-12-21(20)27(33)36)25-31-24-17-18(29)13-14-22(24)28(37)34(25)32-19-9-4-3-5-10-19/h3-7,9-14,17,23,30,32H,2,8,15-16H2,1H3/t23-/m1/s1. The first-order valence-electron chi connectivity index (χ1n) is 12.2. The van der Waals surface area contributed by atoms with E-state index < -0.39 is 0 Å². The van der Waals surface area contributed by atoms with Gasteiger partial charge in [-0.15, -0.1) is 0 Å². The first kappa shape index (κ1) is 24.7. The summed E-state index contributed by atoms with van der Waals surface area (Å²) in [6, 6.07) is 21.1. The van der Waals surface area contributed by atoms with Gasteiger partial charge in [-0.3, -0.25) is 24.7 Å². The number of hydrogen-bond donors (Lipinski definition) is 2. The Morgan fingerprint density at radius 1 is 0.919 bits per heavy atom. The third-order valence-electron chi connectivity index (χ3n) is 6.42. The Bertz CT molecular complexity index is 1500. The van der Waals surface area contributed by atoms with Gasteiger partial charge in [-0.2, -0.15) is 0 Å². The molecule has 9 heteroatoms. The lowest BCUT2D eigenvalue weighted by molar-refractivity contribution is 0.0652. The fourth-order valence-corrected chi connectivity index (χ4v) is 4.70. The monoisotopic (exact) mass is 515 g/mol. The molecule has 2 N–H and O–H groups in total. The van der Waals surface area contributed by atoms with E-state index >= 15 is 0 Å². The highest BCUT2D eigenvalue weighted by atomic mass is 35.5. The Kier molecular flexibility index (Phi) is 7.03. The number of rotatable bonds is 9. The molecule has 2 amide bonds. The Balaban J connectivity index is 1.36. The third kappa shape index (κ3) is 4.85. The third-order valence-corrected chi connectivity index (χ3v) is 6.65. The van der Waals surface area contributed by atoms with Crippen molar-refractivity contribution < 1.29 is 9.59 Å². The molecule has 37 heavy (non-hydrogen) atoms. The van der Waals surface area contributed by atoms with Crippen molar-refractivity contribution in [2.24, 2.45) is 0 Å². The highest BCUT2D eigenvalue weighted by molar-refractivity contribution is 6.31. The van der Waals surface area contributed by atoms with Gasteiger partial charge in [0.1, 0.15) is 5.82 Å². The van der Waals surface area contributed by atoms with Gasteiger partial charge >= 0.3 is 0 Å². The minimum Gasteiger partial charge on any atom is -0.307 e. The van der Waals surface area contributed by atoms with Crippen molar-refractivity contribution in [3.63, 3.8) is 0 Å². The summed E-state index contributed by atoms with van der Waals surface area (Å²) in [7, 11) is 0. The maximum Gasteiger partial charge on any atom is 0.280 e. The van der Waals surface area contributed by atoms with E-state index in [-0.39, 0.29) is 23.4 Å². The molecule has 8 nitrogen and oxygen atoms in total. The zero-order valence-electron chi connectivity index (χ0n) is 20.3. The summed E-state index contributed by atoms with van der Waals surface area (Å²) in [6.45, 7) is 2.81. The van der Waals surface area contributed by atoms with Crippen molar-refractivity contribution in [2.75, 3.05) is 18.5 Å². The van der Waals surface area contributed by atoms with Crippen LogP contribution in [0.4, 0.5) is 5.69 Å². The van der Waals surface area contributed by atoms with E-state index in [0.29, 0.717) is 58.8 Å². The van der Waals surface area contributed by atoms with Gasteiger partial charge in [-0.25, -0.2) is 9.66 Å². The number of hydrogen-bond acceptors (Lipinski definition) is 6. The lowest BCUT2D eigenvalue weighted by Gasteiger charge is -2.23. The Morgan fingerprint density at radius 2 is 1.59 bits per heavy atom. The largest absolute Gasteiger partial charge is 0.307 e. The van der Waals surface area contributed by atoms with Gasteiger partial charge in [0.25, 0.3) is 17.4 Å². The van der Waals surface area contributed by atoms with Crippen LogP contribution in [0.5, 0.6) is 0 Å². The number of amides is 2.